The maximum atomic E-state index is 3.54. The van der Waals surface area contributed by atoms with Crippen LogP contribution < -0.4 is 0 Å². The van der Waals surface area contributed by atoms with E-state index in [1.54, 1.807) is 5.56 Å². The Balaban J connectivity index is 1.80. The number of halogens is 1. The van der Waals surface area contributed by atoms with Crippen molar-refractivity contribution < 1.29 is 0 Å². The Morgan fingerprint density at radius 2 is 1.70 bits per heavy atom. The Bertz CT molecular complexity index is 620. The Morgan fingerprint density at radius 3 is 2.50 bits per heavy atom. The molecule has 0 bridgehead atoms. The summed E-state index contributed by atoms with van der Waals surface area (Å²) in [7, 11) is 0. The fraction of sp³-hybridized carbons (Fsp3) is 0.333. The molecule has 4 rings (SSSR count). The molecule has 1 fully saturated rings. The molecule has 20 heavy (non-hydrogen) atoms. The largest absolute Gasteiger partial charge is 0.295 e. The molecule has 0 radical (unpaired) electrons. The number of hydrogen-bond acceptors (Lipinski definition) is 1. The lowest BCUT2D eigenvalue weighted by Gasteiger charge is -2.37. The topological polar surface area (TPSA) is 3.24 Å². The van der Waals surface area contributed by atoms with Crippen LogP contribution in [0.25, 0.3) is 0 Å². The van der Waals surface area contributed by atoms with Crippen molar-refractivity contribution in [3.63, 3.8) is 0 Å². The first-order valence-electron chi connectivity index (χ1n) is 7.41. The third-order valence-corrected chi connectivity index (χ3v) is 5.31. The molecule has 2 heteroatoms. The van der Waals surface area contributed by atoms with Gasteiger partial charge in [-0.2, -0.15) is 0 Å². The number of fused-ring (bicyclic) bond motifs is 3. The molecule has 2 aromatic carbocycles. The lowest BCUT2D eigenvalue weighted by molar-refractivity contribution is 0.230. The number of rotatable bonds is 1. The van der Waals surface area contributed by atoms with E-state index in [-0.39, 0.29) is 0 Å². The zero-order valence-electron chi connectivity index (χ0n) is 11.4. The van der Waals surface area contributed by atoms with Gasteiger partial charge in [0.15, 0.2) is 0 Å². The minimum Gasteiger partial charge on any atom is -0.295 e. The van der Waals surface area contributed by atoms with E-state index in [0.29, 0.717) is 12.0 Å². The third kappa shape index (κ3) is 2.02. The van der Waals surface area contributed by atoms with Crippen molar-refractivity contribution in [3.8, 4) is 0 Å². The minimum atomic E-state index is 0.522. The molecule has 1 saturated heterocycles. The molecule has 1 nitrogen and oxygen atoms in total. The van der Waals surface area contributed by atoms with Crippen molar-refractivity contribution in [2.24, 2.45) is 0 Å². The van der Waals surface area contributed by atoms with Crippen LogP contribution in [0.4, 0.5) is 0 Å². The number of benzene rings is 2. The average molecular weight is 325 g/mol. The first-order valence-corrected chi connectivity index (χ1v) is 8.20. The van der Waals surface area contributed by atoms with Crippen LogP contribution in [0.15, 0.2) is 53.0 Å². The van der Waals surface area contributed by atoms with Gasteiger partial charge in [0.25, 0.3) is 0 Å². The smallest absolute Gasteiger partial charge is 0.0351 e. The van der Waals surface area contributed by atoms with Gasteiger partial charge in [0.2, 0.25) is 0 Å². The first-order chi connectivity index (χ1) is 9.83. The molecule has 0 N–H and O–H groups in total. The van der Waals surface area contributed by atoms with Crippen molar-refractivity contribution in [2.75, 3.05) is 13.1 Å². The summed E-state index contributed by atoms with van der Waals surface area (Å²) in [5.74, 6) is 0.522. The van der Waals surface area contributed by atoms with Crippen molar-refractivity contribution in [3.05, 3.63) is 69.7 Å². The highest BCUT2D eigenvalue weighted by molar-refractivity contribution is 9.10. The lowest BCUT2D eigenvalue weighted by Crippen LogP contribution is -2.34. The van der Waals surface area contributed by atoms with Crippen LogP contribution in [-0.2, 0) is 0 Å². The van der Waals surface area contributed by atoms with Crippen molar-refractivity contribution in [2.45, 2.75) is 24.8 Å². The molecule has 102 valence electrons. The van der Waals surface area contributed by atoms with E-state index in [1.807, 2.05) is 0 Å². The summed E-state index contributed by atoms with van der Waals surface area (Å²) in [6.07, 6.45) is 2.66. The summed E-state index contributed by atoms with van der Waals surface area (Å²) >= 11 is 3.54. The zero-order valence-corrected chi connectivity index (χ0v) is 13.0. The van der Waals surface area contributed by atoms with Gasteiger partial charge >= 0.3 is 0 Å². The fourth-order valence-electron chi connectivity index (χ4n) is 3.84. The Morgan fingerprint density at radius 1 is 0.950 bits per heavy atom. The van der Waals surface area contributed by atoms with Crippen LogP contribution in [0.3, 0.4) is 0 Å². The van der Waals surface area contributed by atoms with Gasteiger partial charge in [-0.05, 0) is 48.2 Å². The standard InChI is InChI=1S/C18H18BrN/c19-14-9-7-13(8-10-14)17-12-20-11-3-6-18(20)16-5-2-1-4-15(16)17/h1-2,4-5,7-10,17-18H,3,6,11-12H2/t17-,18+/m0/s1/i19-3. The van der Waals surface area contributed by atoms with Gasteiger partial charge in [-0.15, -0.1) is 0 Å². The molecule has 2 aliphatic heterocycles. The summed E-state index contributed by atoms with van der Waals surface area (Å²) in [5.41, 5.74) is 4.54. The number of nitrogens with zero attached hydrogens (tertiary/aromatic N) is 1. The molecule has 2 atom stereocenters. The molecular weight excluding hydrogens is 307 g/mol. The second kappa shape index (κ2) is 5.01. The van der Waals surface area contributed by atoms with Crippen LogP contribution in [0.5, 0.6) is 0 Å². The summed E-state index contributed by atoms with van der Waals surface area (Å²) in [5, 5.41) is 0. The van der Waals surface area contributed by atoms with Crippen LogP contribution in [0, 0.1) is 0 Å². The Kier molecular flexibility index (Phi) is 3.16. The quantitative estimate of drug-likeness (QED) is 0.732. The monoisotopic (exact) mass is 325 g/mol. The molecule has 2 aromatic rings. The summed E-state index contributed by atoms with van der Waals surface area (Å²) in [6, 6.07) is 18.6. The maximum Gasteiger partial charge on any atom is 0.0351 e. The van der Waals surface area contributed by atoms with Gasteiger partial charge in [-0.3, -0.25) is 4.90 Å². The molecule has 0 unspecified atom stereocenters. The highest BCUT2D eigenvalue weighted by atomic mass is 76.9. The van der Waals surface area contributed by atoms with E-state index < -0.39 is 0 Å². The third-order valence-electron chi connectivity index (χ3n) is 4.78. The molecular formula is C18H18BrN. The van der Waals surface area contributed by atoms with E-state index in [4.69, 9.17) is 0 Å². The molecule has 2 aliphatic rings. The highest BCUT2D eigenvalue weighted by Gasteiger charge is 2.35. The summed E-state index contributed by atoms with van der Waals surface area (Å²) < 4.78 is 1.16. The Labute approximate surface area is 128 Å². The molecule has 0 saturated carbocycles. The van der Waals surface area contributed by atoms with Crippen molar-refractivity contribution in [1.29, 1.82) is 0 Å². The zero-order chi connectivity index (χ0) is 13.5. The SMILES string of the molecule is [77Br]c1ccc([C@@H]2CN3CCC[C@@H]3c3ccccc32)cc1. The van der Waals surface area contributed by atoms with Crippen LogP contribution in [-0.4, -0.2) is 18.0 Å². The molecule has 0 aromatic heterocycles. The van der Waals surface area contributed by atoms with E-state index in [2.05, 4.69) is 69.4 Å². The van der Waals surface area contributed by atoms with Crippen molar-refractivity contribution in [1.82, 2.24) is 4.90 Å². The van der Waals surface area contributed by atoms with Gasteiger partial charge in [-0.1, -0.05) is 52.3 Å². The summed E-state index contributed by atoms with van der Waals surface area (Å²) in [6.45, 7) is 2.43. The average Bonchev–Trinajstić information content (AvgIpc) is 2.96. The molecule has 0 amide bonds. The van der Waals surface area contributed by atoms with E-state index >= 15 is 0 Å². The number of hydrogen-bond donors (Lipinski definition) is 0. The Hall–Kier alpha value is -1.12. The van der Waals surface area contributed by atoms with Gasteiger partial charge in [0, 0.05) is 23.0 Å². The molecule has 0 spiro atoms. The second-order valence-corrected chi connectivity index (χ2v) is 6.80. The van der Waals surface area contributed by atoms with Crippen LogP contribution in [0.1, 0.15) is 41.5 Å². The van der Waals surface area contributed by atoms with Crippen molar-refractivity contribution >= 4 is 15.9 Å². The maximum absolute atomic E-state index is 3.54. The highest BCUT2D eigenvalue weighted by Crippen LogP contribution is 2.44. The minimum absolute atomic E-state index is 0.522. The van der Waals surface area contributed by atoms with Crippen LogP contribution >= 0.6 is 15.9 Å². The van der Waals surface area contributed by atoms with Gasteiger partial charge in [0.05, 0.1) is 0 Å². The van der Waals surface area contributed by atoms with Gasteiger partial charge < -0.3 is 0 Å². The summed E-state index contributed by atoms with van der Waals surface area (Å²) in [4.78, 5) is 2.68. The first kappa shape index (κ1) is 12.6. The van der Waals surface area contributed by atoms with Crippen LogP contribution in [0.2, 0.25) is 0 Å². The predicted octanol–water partition coefficient (Wildman–Crippen LogP) is 4.73. The van der Waals surface area contributed by atoms with E-state index in [0.717, 1.165) is 4.47 Å². The van der Waals surface area contributed by atoms with E-state index in [9.17, 15) is 0 Å². The van der Waals surface area contributed by atoms with Gasteiger partial charge in [-0.25, -0.2) is 0 Å². The van der Waals surface area contributed by atoms with Gasteiger partial charge in [0.1, 0.15) is 0 Å². The molecule has 0 aliphatic carbocycles. The normalized spacial score (nSPS) is 25.2. The fourth-order valence-corrected chi connectivity index (χ4v) is 4.11. The predicted molar refractivity (Wildman–Crippen MR) is 86.0 cm³/mol. The molecule has 2 heterocycles. The van der Waals surface area contributed by atoms with E-state index in [1.165, 1.54) is 37.1 Å². The second-order valence-electron chi connectivity index (χ2n) is 5.89. The lowest BCUT2D eigenvalue weighted by atomic mass is 9.82.